The third-order valence-corrected chi connectivity index (χ3v) is 7.09. The van der Waals surface area contributed by atoms with Gasteiger partial charge in [-0.25, -0.2) is 4.79 Å². The summed E-state index contributed by atoms with van der Waals surface area (Å²) in [4.78, 5) is 38.1. The molecule has 2 rings (SSSR count). The van der Waals surface area contributed by atoms with E-state index >= 15 is 0 Å². The predicted octanol–water partition coefficient (Wildman–Crippen LogP) is 8.21. The van der Waals surface area contributed by atoms with Gasteiger partial charge in [0, 0.05) is 22.3 Å². The minimum Gasteiger partial charge on any atom is -0.449 e. The van der Waals surface area contributed by atoms with Crippen LogP contribution in [-0.4, -0.2) is 23.1 Å². The third kappa shape index (κ3) is 7.88. The lowest BCUT2D eigenvalue weighted by atomic mass is 9.85. The Morgan fingerprint density at radius 3 is 2.14 bits per heavy atom. The zero-order chi connectivity index (χ0) is 26.9. The Labute approximate surface area is 218 Å². The number of fused-ring (bicyclic) bond motifs is 1. The second kappa shape index (κ2) is 13.0. The summed E-state index contributed by atoms with van der Waals surface area (Å²) in [6.07, 6.45) is 4.83. The molecule has 0 aliphatic rings. The fraction of sp³-hybridized carbons (Fsp3) is 0.536. The number of carboxylic acid groups (broad SMARTS) is 1. The summed E-state index contributed by atoms with van der Waals surface area (Å²) in [5.74, 6) is -0.426. The Morgan fingerprint density at radius 1 is 0.917 bits per heavy atom. The quantitative estimate of drug-likeness (QED) is 0.119. The average molecular weight is 518 g/mol. The molecule has 0 atom stereocenters. The lowest BCUT2D eigenvalue weighted by Crippen LogP contribution is -2.32. The summed E-state index contributed by atoms with van der Waals surface area (Å²) < 4.78 is 10.7. The van der Waals surface area contributed by atoms with Gasteiger partial charge < -0.3 is 19.3 Å². The molecule has 0 saturated heterocycles. The van der Waals surface area contributed by atoms with Crippen LogP contribution in [0.15, 0.2) is 35.2 Å². The van der Waals surface area contributed by atoms with E-state index < -0.39 is 23.0 Å². The van der Waals surface area contributed by atoms with E-state index in [1.54, 1.807) is 12.1 Å². The average Bonchev–Trinajstić information content (AvgIpc) is 2.82. The first-order valence-corrected chi connectivity index (χ1v) is 13.3. The second-order valence-corrected chi connectivity index (χ2v) is 11.2. The van der Waals surface area contributed by atoms with Crippen molar-refractivity contribution in [2.24, 2.45) is 10.8 Å². The molecule has 0 aromatic heterocycles. The second-order valence-electron chi connectivity index (χ2n) is 10.4. The van der Waals surface area contributed by atoms with Crippen LogP contribution in [0.1, 0.15) is 86.5 Å². The number of unbranched alkanes of at least 4 members (excludes halogenated alkanes) is 3. The molecule has 0 saturated carbocycles. The van der Waals surface area contributed by atoms with Gasteiger partial charge in [-0.2, -0.15) is 0 Å². The molecule has 198 valence electrons. The summed E-state index contributed by atoms with van der Waals surface area (Å²) in [6, 6.07) is 8.80. The normalized spacial score (nSPS) is 11.8. The van der Waals surface area contributed by atoms with Crippen molar-refractivity contribution in [1.82, 2.24) is 0 Å². The molecule has 0 bridgehead atoms. The number of nitrogens with one attached hydrogen (secondary N) is 1. The highest BCUT2D eigenvalue weighted by Crippen LogP contribution is 2.42. The fourth-order valence-electron chi connectivity index (χ4n) is 3.85. The number of esters is 1. The number of carbonyl (C=O) groups excluding carboxylic acids is 2. The number of amides is 1. The van der Waals surface area contributed by atoms with Gasteiger partial charge in [0.05, 0.1) is 16.0 Å². The molecule has 0 fully saturated rings. The summed E-state index contributed by atoms with van der Waals surface area (Å²) >= 11 is 0.664. The molecule has 0 heterocycles. The molecule has 1 amide bonds. The zero-order valence-corrected chi connectivity index (χ0v) is 23.0. The van der Waals surface area contributed by atoms with Gasteiger partial charge in [0.2, 0.25) is 5.91 Å². The Hall–Kier alpha value is -2.74. The third-order valence-electron chi connectivity index (χ3n) is 6.34. The van der Waals surface area contributed by atoms with Crippen LogP contribution in [0.4, 0.5) is 10.5 Å². The molecule has 7 nitrogen and oxygen atoms in total. The van der Waals surface area contributed by atoms with Crippen LogP contribution in [-0.2, 0) is 13.8 Å². The van der Waals surface area contributed by atoms with Gasteiger partial charge in [-0.05, 0) is 26.7 Å². The highest BCUT2D eigenvalue weighted by atomic mass is 32.2. The molecule has 36 heavy (non-hydrogen) atoms. The SMILES string of the molecule is CCCCCC(C)(C)C(=O)Nc1c(OC(=O)C(C)(C)CCCC)cc(SOC(=O)O)c2ccccc12. The predicted molar refractivity (Wildman–Crippen MR) is 144 cm³/mol. The van der Waals surface area contributed by atoms with Crippen molar-refractivity contribution in [2.75, 3.05) is 5.32 Å². The largest absolute Gasteiger partial charge is 0.518 e. The Morgan fingerprint density at radius 2 is 1.53 bits per heavy atom. The lowest BCUT2D eigenvalue weighted by Gasteiger charge is -2.26. The number of carbonyl (C=O) groups is 3. The maximum atomic E-state index is 13.4. The van der Waals surface area contributed by atoms with Crippen LogP contribution < -0.4 is 10.1 Å². The number of hydrogen-bond acceptors (Lipinski definition) is 6. The minimum atomic E-state index is -1.44. The highest BCUT2D eigenvalue weighted by Gasteiger charge is 2.32. The van der Waals surface area contributed by atoms with Gasteiger partial charge in [-0.15, -0.1) is 0 Å². The summed E-state index contributed by atoms with van der Waals surface area (Å²) in [6.45, 7) is 11.7. The Bertz CT molecular complexity index is 1080. The van der Waals surface area contributed by atoms with E-state index in [0.717, 1.165) is 38.5 Å². The monoisotopic (exact) mass is 517 g/mol. The van der Waals surface area contributed by atoms with Gasteiger partial charge in [-0.1, -0.05) is 84.1 Å². The van der Waals surface area contributed by atoms with Crippen LogP contribution in [0.25, 0.3) is 10.8 Å². The number of benzene rings is 2. The van der Waals surface area contributed by atoms with Gasteiger partial charge in [0.1, 0.15) is 12.0 Å². The number of anilines is 1. The molecular weight excluding hydrogens is 478 g/mol. The van der Waals surface area contributed by atoms with Crippen LogP contribution in [0, 0.1) is 10.8 Å². The highest BCUT2D eigenvalue weighted by molar-refractivity contribution is 7.95. The van der Waals surface area contributed by atoms with Crippen molar-refractivity contribution in [2.45, 2.75) is 91.4 Å². The van der Waals surface area contributed by atoms with E-state index in [1.807, 2.05) is 45.9 Å². The molecule has 2 aromatic carbocycles. The molecule has 8 heteroatoms. The first kappa shape index (κ1) is 29.5. The van der Waals surface area contributed by atoms with Gasteiger partial charge in [0.25, 0.3) is 0 Å². The van der Waals surface area contributed by atoms with E-state index in [9.17, 15) is 14.4 Å². The first-order valence-electron chi connectivity index (χ1n) is 12.6. The van der Waals surface area contributed by atoms with Gasteiger partial charge >= 0.3 is 12.1 Å². The van der Waals surface area contributed by atoms with Crippen molar-refractivity contribution in [3.63, 3.8) is 0 Å². The Kier molecular flexibility index (Phi) is 10.6. The van der Waals surface area contributed by atoms with Crippen molar-refractivity contribution in [3.8, 4) is 5.75 Å². The van der Waals surface area contributed by atoms with Crippen LogP contribution in [0.5, 0.6) is 5.75 Å². The standard InChI is InChI=1S/C28H39NO6S/c1-7-9-13-17-27(3,4)24(30)29-23-20-15-12-11-14-19(20)22(36-35-26(32)33)18-21(23)34-25(31)28(5,6)16-10-8-2/h11-12,14-15,18H,7-10,13,16-17H2,1-6H3,(H,29,30)(H,32,33). The number of ether oxygens (including phenoxy) is 1. The van der Waals surface area contributed by atoms with Crippen molar-refractivity contribution in [3.05, 3.63) is 30.3 Å². The lowest BCUT2D eigenvalue weighted by molar-refractivity contribution is -0.144. The molecule has 2 N–H and O–H groups in total. The number of hydrogen-bond donors (Lipinski definition) is 2. The number of rotatable bonds is 13. The van der Waals surface area contributed by atoms with Gasteiger partial charge in [0.15, 0.2) is 5.75 Å². The van der Waals surface area contributed by atoms with E-state index in [4.69, 9.17) is 14.0 Å². The summed E-state index contributed by atoms with van der Waals surface area (Å²) in [5, 5.41) is 13.3. The van der Waals surface area contributed by atoms with Gasteiger partial charge in [-0.3, -0.25) is 9.59 Å². The Balaban J connectivity index is 2.55. The maximum absolute atomic E-state index is 13.4. The van der Waals surface area contributed by atoms with E-state index in [0.29, 0.717) is 39.8 Å². The van der Waals surface area contributed by atoms with E-state index in [2.05, 4.69) is 19.2 Å². The van der Waals surface area contributed by atoms with Crippen molar-refractivity contribution >= 4 is 46.5 Å². The zero-order valence-electron chi connectivity index (χ0n) is 22.2. The van der Waals surface area contributed by atoms with Crippen molar-refractivity contribution in [1.29, 1.82) is 0 Å². The van der Waals surface area contributed by atoms with E-state index in [1.165, 1.54) is 0 Å². The molecule has 0 unspecified atom stereocenters. The molecule has 0 aliphatic carbocycles. The summed E-state index contributed by atoms with van der Waals surface area (Å²) in [7, 11) is 0. The molecule has 0 spiro atoms. The van der Waals surface area contributed by atoms with E-state index in [-0.39, 0.29) is 11.7 Å². The topological polar surface area (TPSA) is 102 Å². The van der Waals surface area contributed by atoms with Crippen LogP contribution >= 0.6 is 12.0 Å². The molecular formula is C28H39NO6S. The molecule has 2 aromatic rings. The smallest absolute Gasteiger partial charge is 0.449 e. The van der Waals surface area contributed by atoms with Crippen LogP contribution in [0.2, 0.25) is 0 Å². The van der Waals surface area contributed by atoms with Crippen molar-refractivity contribution < 1.29 is 28.4 Å². The van der Waals surface area contributed by atoms with Crippen LogP contribution in [0.3, 0.4) is 0 Å². The maximum Gasteiger partial charge on any atom is 0.518 e. The minimum absolute atomic E-state index is 0.164. The molecule has 0 aliphatic heterocycles. The summed E-state index contributed by atoms with van der Waals surface area (Å²) in [5.41, 5.74) is -0.969. The fourth-order valence-corrected chi connectivity index (χ4v) is 4.43. The first-order chi connectivity index (χ1) is 16.9. The molecule has 0 radical (unpaired) electrons.